The van der Waals surface area contributed by atoms with E-state index >= 15 is 0 Å². The van der Waals surface area contributed by atoms with Gasteiger partial charge in [-0.3, -0.25) is 0 Å². The summed E-state index contributed by atoms with van der Waals surface area (Å²) in [6.45, 7) is 0. The number of alkyl halides is 3. The third kappa shape index (κ3) is 1.52. The second-order valence-electron chi connectivity index (χ2n) is 3.13. The highest BCUT2D eigenvalue weighted by atomic mass is 19.4. The Morgan fingerprint density at radius 2 is 1.94 bits per heavy atom. The van der Waals surface area contributed by atoms with Crippen LogP contribution < -0.4 is 0 Å². The molecule has 1 aromatic carbocycles. The van der Waals surface area contributed by atoms with Crippen LogP contribution in [0.25, 0.3) is 11.0 Å². The van der Waals surface area contributed by atoms with Gasteiger partial charge in [-0.05, 0) is 18.2 Å². The van der Waals surface area contributed by atoms with Gasteiger partial charge in [0.05, 0.1) is 11.8 Å². The Morgan fingerprint density at radius 1 is 1.25 bits per heavy atom. The molecular formula is C10H5F3O3. The fourth-order valence-corrected chi connectivity index (χ4v) is 1.48. The summed E-state index contributed by atoms with van der Waals surface area (Å²) >= 11 is 0. The van der Waals surface area contributed by atoms with Crippen LogP contribution in [0.3, 0.4) is 0 Å². The number of halogens is 3. The summed E-state index contributed by atoms with van der Waals surface area (Å²) in [4.78, 5) is 10.7. The van der Waals surface area contributed by atoms with Gasteiger partial charge in [0, 0.05) is 5.39 Å². The average molecular weight is 230 g/mol. The minimum atomic E-state index is -4.53. The van der Waals surface area contributed by atoms with Crippen LogP contribution in [0, 0.1) is 0 Å². The number of benzene rings is 1. The zero-order chi connectivity index (χ0) is 11.9. The fraction of sp³-hybridized carbons (Fsp3) is 0.100. The summed E-state index contributed by atoms with van der Waals surface area (Å²) in [5, 5.41) is 8.51. The molecule has 0 bridgehead atoms. The van der Waals surface area contributed by atoms with Crippen molar-refractivity contribution in [2.24, 2.45) is 0 Å². The van der Waals surface area contributed by atoms with Gasteiger partial charge in [-0.25, -0.2) is 4.79 Å². The zero-order valence-corrected chi connectivity index (χ0v) is 7.71. The molecule has 3 nitrogen and oxygen atoms in total. The Labute approximate surface area is 87.1 Å². The molecule has 1 heterocycles. The summed E-state index contributed by atoms with van der Waals surface area (Å²) in [6, 6.07) is 2.73. The van der Waals surface area contributed by atoms with E-state index in [1.807, 2.05) is 0 Å². The molecule has 2 aromatic rings. The zero-order valence-electron chi connectivity index (χ0n) is 7.71. The van der Waals surface area contributed by atoms with Crippen LogP contribution in [-0.2, 0) is 6.18 Å². The molecule has 2 rings (SSSR count). The van der Waals surface area contributed by atoms with Gasteiger partial charge < -0.3 is 9.52 Å². The molecule has 0 spiro atoms. The van der Waals surface area contributed by atoms with Crippen molar-refractivity contribution >= 4 is 16.9 Å². The van der Waals surface area contributed by atoms with E-state index in [4.69, 9.17) is 9.52 Å². The molecule has 0 aliphatic carbocycles. The molecule has 84 valence electrons. The van der Waals surface area contributed by atoms with Gasteiger partial charge in [-0.2, -0.15) is 13.2 Å². The number of fused-ring (bicyclic) bond motifs is 1. The first-order valence-corrected chi connectivity index (χ1v) is 4.22. The van der Waals surface area contributed by atoms with E-state index in [-0.39, 0.29) is 16.5 Å². The van der Waals surface area contributed by atoms with Crippen LogP contribution in [0.2, 0.25) is 0 Å². The van der Waals surface area contributed by atoms with Gasteiger partial charge in [-0.15, -0.1) is 0 Å². The SMILES string of the molecule is O=C(O)c1ccc(C(F)(F)F)c2ccoc12. The van der Waals surface area contributed by atoms with Crippen molar-refractivity contribution in [2.45, 2.75) is 6.18 Å². The van der Waals surface area contributed by atoms with Gasteiger partial charge in [0.2, 0.25) is 0 Å². The summed E-state index contributed by atoms with van der Waals surface area (Å²) in [7, 11) is 0. The monoisotopic (exact) mass is 230 g/mol. The van der Waals surface area contributed by atoms with Gasteiger partial charge in [0.1, 0.15) is 11.1 Å². The lowest BCUT2D eigenvalue weighted by atomic mass is 10.1. The van der Waals surface area contributed by atoms with Crippen molar-refractivity contribution in [3.05, 3.63) is 35.6 Å². The molecule has 0 aliphatic rings. The summed E-state index contributed by atoms with van der Waals surface area (Å²) in [5.41, 5.74) is -1.45. The van der Waals surface area contributed by atoms with Crippen LogP contribution in [0.4, 0.5) is 13.2 Å². The second-order valence-corrected chi connectivity index (χ2v) is 3.13. The topological polar surface area (TPSA) is 50.4 Å². The maximum absolute atomic E-state index is 12.5. The Morgan fingerprint density at radius 3 is 2.50 bits per heavy atom. The lowest BCUT2D eigenvalue weighted by molar-refractivity contribution is -0.136. The van der Waals surface area contributed by atoms with Gasteiger partial charge in [0.25, 0.3) is 0 Å². The largest absolute Gasteiger partial charge is 0.478 e. The second kappa shape index (κ2) is 3.26. The van der Waals surface area contributed by atoms with E-state index in [1.54, 1.807) is 0 Å². The lowest BCUT2D eigenvalue weighted by Gasteiger charge is -2.08. The first kappa shape index (κ1) is 10.5. The maximum Gasteiger partial charge on any atom is 0.417 e. The van der Waals surface area contributed by atoms with Crippen LogP contribution in [0.1, 0.15) is 15.9 Å². The number of furan rings is 1. The molecule has 0 atom stereocenters. The van der Waals surface area contributed by atoms with Crippen LogP contribution in [-0.4, -0.2) is 11.1 Å². The number of carbonyl (C=O) groups is 1. The molecule has 0 fully saturated rings. The minimum Gasteiger partial charge on any atom is -0.478 e. The lowest BCUT2D eigenvalue weighted by Crippen LogP contribution is -2.07. The normalized spacial score (nSPS) is 11.9. The highest BCUT2D eigenvalue weighted by molar-refractivity contribution is 6.02. The highest BCUT2D eigenvalue weighted by Crippen LogP contribution is 2.36. The molecule has 0 radical (unpaired) electrons. The molecule has 0 saturated heterocycles. The molecule has 1 aromatic heterocycles. The predicted octanol–water partition coefficient (Wildman–Crippen LogP) is 3.15. The fourth-order valence-electron chi connectivity index (χ4n) is 1.48. The third-order valence-electron chi connectivity index (χ3n) is 2.15. The Hall–Kier alpha value is -1.98. The molecule has 0 aliphatic heterocycles. The van der Waals surface area contributed by atoms with Crippen LogP contribution in [0.5, 0.6) is 0 Å². The van der Waals surface area contributed by atoms with Gasteiger partial charge in [-0.1, -0.05) is 0 Å². The minimum absolute atomic E-state index is 0.243. The van der Waals surface area contributed by atoms with E-state index in [0.29, 0.717) is 0 Å². The average Bonchev–Trinajstić information content (AvgIpc) is 2.61. The standard InChI is InChI=1S/C10H5F3O3/c11-10(12,13)7-2-1-6(9(14)15)8-5(7)3-4-16-8/h1-4H,(H,14,15). The molecule has 0 saturated carbocycles. The highest BCUT2D eigenvalue weighted by Gasteiger charge is 2.34. The Kier molecular flexibility index (Phi) is 2.15. The number of hydrogen-bond donors (Lipinski definition) is 1. The van der Waals surface area contributed by atoms with Gasteiger partial charge in [0.15, 0.2) is 0 Å². The molecule has 0 amide bonds. The Balaban J connectivity index is 2.79. The first-order chi connectivity index (χ1) is 7.41. The van der Waals surface area contributed by atoms with E-state index in [9.17, 15) is 18.0 Å². The number of carboxylic acids is 1. The number of carboxylic acid groups (broad SMARTS) is 1. The molecular weight excluding hydrogens is 225 g/mol. The smallest absolute Gasteiger partial charge is 0.417 e. The van der Waals surface area contributed by atoms with E-state index in [0.717, 1.165) is 24.5 Å². The van der Waals surface area contributed by atoms with Crippen LogP contribution >= 0.6 is 0 Å². The van der Waals surface area contributed by atoms with Crippen molar-refractivity contribution in [2.75, 3.05) is 0 Å². The molecule has 6 heteroatoms. The van der Waals surface area contributed by atoms with Crippen molar-refractivity contribution < 1.29 is 27.5 Å². The number of rotatable bonds is 1. The first-order valence-electron chi connectivity index (χ1n) is 4.22. The van der Waals surface area contributed by atoms with E-state index in [2.05, 4.69) is 0 Å². The van der Waals surface area contributed by atoms with Crippen molar-refractivity contribution in [1.82, 2.24) is 0 Å². The number of hydrogen-bond acceptors (Lipinski definition) is 2. The van der Waals surface area contributed by atoms with Crippen molar-refractivity contribution in [3.8, 4) is 0 Å². The summed E-state index contributed by atoms with van der Waals surface area (Å²) < 4.78 is 42.4. The third-order valence-corrected chi connectivity index (χ3v) is 2.15. The Bertz CT molecular complexity index is 554. The van der Waals surface area contributed by atoms with Crippen molar-refractivity contribution in [3.63, 3.8) is 0 Å². The van der Waals surface area contributed by atoms with E-state index in [1.165, 1.54) is 0 Å². The van der Waals surface area contributed by atoms with E-state index < -0.39 is 17.7 Å². The van der Waals surface area contributed by atoms with Crippen LogP contribution in [0.15, 0.2) is 28.9 Å². The van der Waals surface area contributed by atoms with Gasteiger partial charge >= 0.3 is 12.1 Å². The quantitative estimate of drug-likeness (QED) is 0.818. The predicted molar refractivity (Wildman–Crippen MR) is 48.2 cm³/mol. The summed E-state index contributed by atoms with van der Waals surface area (Å²) in [6.07, 6.45) is -3.49. The van der Waals surface area contributed by atoms with Crippen molar-refractivity contribution in [1.29, 1.82) is 0 Å². The molecule has 1 N–H and O–H groups in total. The molecule has 16 heavy (non-hydrogen) atoms. The maximum atomic E-state index is 12.5. The number of aromatic carboxylic acids is 1. The molecule has 0 unspecified atom stereocenters. The summed E-state index contributed by atoms with van der Waals surface area (Å²) in [5.74, 6) is -1.33.